The van der Waals surface area contributed by atoms with Crippen LogP contribution in [0.2, 0.25) is 0 Å². The van der Waals surface area contributed by atoms with Gasteiger partial charge in [0.2, 0.25) is 0 Å². The number of hydrogen-bond acceptors (Lipinski definition) is 3. The minimum atomic E-state index is 0.709. The van der Waals surface area contributed by atoms with Gasteiger partial charge < -0.3 is 10.5 Å². The van der Waals surface area contributed by atoms with Gasteiger partial charge in [-0.25, -0.2) is 0 Å². The smallest absolute Gasteiger partial charge is 0.0593 e. The SMILES string of the molecule is CCOCCN(CCN)CCc1ccccc1. The molecule has 0 saturated heterocycles. The molecule has 2 N–H and O–H groups in total. The molecule has 0 unspecified atom stereocenters. The van der Waals surface area contributed by atoms with Crippen LogP contribution in [0.25, 0.3) is 0 Å². The van der Waals surface area contributed by atoms with Crippen molar-refractivity contribution in [1.82, 2.24) is 4.90 Å². The molecule has 1 aromatic carbocycles. The summed E-state index contributed by atoms with van der Waals surface area (Å²) in [6.45, 7) is 7.28. The van der Waals surface area contributed by atoms with Gasteiger partial charge >= 0.3 is 0 Å². The molecule has 1 aromatic rings. The van der Waals surface area contributed by atoms with Gasteiger partial charge in [0.1, 0.15) is 0 Å². The summed E-state index contributed by atoms with van der Waals surface area (Å²) >= 11 is 0. The van der Waals surface area contributed by atoms with E-state index in [0.717, 1.165) is 39.3 Å². The fourth-order valence-corrected chi connectivity index (χ4v) is 1.79. The summed E-state index contributed by atoms with van der Waals surface area (Å²) in [4.78, 5) is 2.36. The van der Waals surface area contributed by atoms with Gasteiger partial charge in [0.15, 0.2) is 0 Å². The van der Waals surface area contributed by atoms with Crippen molar-refractivity contribution in [2.45, 2.75) is 13.3 Å². The predicted octanol–water partition coefficient (Wildman–Crippen LogP) is 1.53. The average molecular weight is 236 g/mol. The molecule has 96 valence electrons. The first-order chi connectivity index (χ1) is 8.36. The second-order valence-corrected chi connectivity index (χ2v) is 4.06. The summed E-state index contributed by atoms with van der Waals surface area (Å²) in [5, 5.41) is 0. The average Bonchev–Trinajstić information content (AvgIpc) is 2.37. The van der Waals surface area contributed by atoms with Crippen LogP contribution in [0.4, 0.5) is 0 Å². The molecular weight excluding hydrogens is 212 g/mol. The Morgan fingerprint density at radius 2 is 1.88 bits per heavy atom. The van der Waals surface area contributed by atoms with Crippen LogP contribution in [0.5, 0.6) is 0 Å². The van der Waals surface area contributed by atoms with Crippen molar-refractivity contribution in [3.8, 4) is 0 Å². The summed E-state index contributed by atoms with van der Waals surface area (Å²) in [6.07, 6.45) is 1.08. The highest BCUT2D eigenvalue weighted by atomic mass is 16.5. The largest absolute Gasteiger partial charge is 0.380 e. The van der Waals surface area contributed by atoms with Crippen LogP contribution in [-0.2, 0) is 11.2 Å². The predicted molar refractivity (Wildman–Crippen MR) is 72.1 cm³/mol. The van der Waals surface area contributed by atoms with Gasteiger partial charge in [-0.15, -0.1) is 0 Å². The molecule has 0 saturated carbocycles. The lowest BCUT2D eigenvalue weighted by atomic mass is 10.1. The van der Waals surface area contributed by atoms with Crippen LogP contribution >= 0.6 is 0 Å². The second kappa shape index (κ2) is 9.16. The van der Waals surface area contributed by atoms with Crippen molar-refractivity contribution in [3.63, 3.8) is 0 Å². The first kappa shape index (κ1) is 14.2. The number of hydrogen-bond donors (Lipinski definition) is 1. The Morgan fingerprint density at radius 1 is 1.12 bits per heavy atom. The lowest BCUT2D eigenvalue weighted by Crippen LogP contribution is -2.34. The van der Waals surface area contributed by atoms with Crippen molar-refractivity contribution >= 4 is 0 Å². The second-order valence-electron chi connectivity index (χ2n) is 4.06. The third kappa shape index (κ3) is 6.41. The molecule has 0 radical (unpaired) electrons. The molecule has 0 fully saturated rings. The maximum Gasteiger partial charge on any atom is 0.0593 e. The van der Waals surface area contributed by atoms with Crippen LogP contribution in [0, 0.1) is 0 Å². The molecule has 0 aliphatic rings. The lowest BCUT2D eigenvalue weighted by Gasteiger charge is -2.21. The monoisotopic (exact) mass is 236 g/mol. The zero-order valence-electron chi connectivity index (χ0n) is 10.8. The van der Waals surface area contributed by atoms with Crippen LogP contribution in [0.15, 0.2) is 30.3 Å². The first-order valence-electron chi connectivity index (χ1n) is 6.41. The van der Waals surface area contributed by atoms with Crippen LogP contribution < -0.4 is 5.73 Å². The molecule has 17 heavy (non-hydrogen) atoms. The van der Waals surface area contributed by atoms with E-state index in [0.29, 0.717) is 6.54 Å². The van der Waals surface area contributed by atoms with E-state index in [9.17, 15) is 0 Å². The van der Waals surface area contributed by atoms with Gasteiger partial charge in [0.25, 0.3) is 0 Å². The topological polar surface area (TPSA) is 38.5 Å². The lowest BCUT2D eigenvalue weighted by molar-refractivity contribution is 0.115. The van der Waals surface area contributed by atoms with E-state index in [-0.39, 0.29) is 0 Å². The minimum absolute atomic E-state index is 0.709. The molecule has 0 aromatic heterocycles. The summed E-state index contributed by atoms with van der Waals surface area (Å²) in [7, 11) is 0. The van der Waals surface area contributed by atoms with E-state index in [1.807, 2.05) is 6.92 Å². The Balaban J connectivity index is 2.28. The number of nitrogens with two attached hydrogens (primary N) is 1. The molecule has 0 aliphatic carbocycles. The van der Waals surface area contributed by atoms with E-state index in [2.05, 4.69) is 35.2 Å². The third-order valence-corrected chi connectivity index (χ3v) is 2.76. The number of benzene rings is 1. The van der Waals surface area contributed by atoms with Gasteiger partial charge in [-0.1, -0.05) is 30.3 Å². The van der Waals surface area contributed by atoms with E-state index in [4.69, 9.17) is 10.5 Å². The summed E-state index contributed by atoms with van der Waals surface area (Å²) in [5.74, 6) is 0. The first-order valence-corrected chi connectivity index (χ1v) is 6.41. The molecule has 3 nitrogen and oxygen atoms in total. The highest BCUT2D eigenvalue weighted by Crippen LogP contribution is 2.01. The molecular formula is C14H24N2O. The molecule has 0 atom stereocenters. The molecule has 0 bridgehead atoms. The normalized spacial score (nSPS) is 11.0. The highest BCUT2D eigenvalue weighted by molar-refractivity contribution is 5.14. The van der Waals surface area contributed by atoms with Crippen molar-refractivity contribution in [3.05, 3.63) is 35.9 Å². The molecule has 0 heterocycles. The van der Waals surface area contributed by atoms with E-state index in [1.54, 1.807) is 0 Å². The Hall–Kier alpha value is -0.900. The molecule has 3 heteroatoms. The molecule has 0 aliphatic heterocycles. The minimum Gasteiger partial charge on any atom is -0.380 e. The van der Waals surface area contributed by atoms with Gasteiger partial charge in [-0.2, -0.15) is 0 Å². The van der Waals surface area contributed by atoms with Gasteiger partial charge in [0.05, 0.1) is 6.61 Å². The zero-order chi connectivity index (χ0) is 12.3. The van der Waals surface area contributed by atoms with Crippen molar-refractivity contribution in [2.75, 3.05) is 39.4 Å². The van der Waals surface area contributed by atoms with Crippen molar-refractivity contribution in [1.29, 1.82) is 0 Å². The van der Waals surface area contributed by atoms with E-state index < -0.39 is 0 Å². The molecule has 0 spiro atoms. The highest BCUT2D eigenvalue weighted by Gasteiger charge is 2.03. The van der Waals surface area contributed by atoms with Gasteiger partial charge in [-0.05, 0) is 18.9 Å². The van der Waals surface area contributed by atoms with Crippen LogP contribution in [-0.4, -0.2) is 44.3 Å². The van der Waals surface area contributed by atoms with E-state index in [1.165, 1.54) is 5.56 Å². The Labute approximate surface area is 105 Å². The summed E-state index contributed by atoms with van der Waals surface area (Å²) < 4.78 is 5.38. The number of rotatable bonds is 9. The van der Waals surface area contributed by atoms with Crippen molar-refractivity contribution < 1.29 is 4.74 Å². The maximum absolute atomic E-state index is 5.62. The Bertz CT molecular complexity index is 277. The van der Waals surface area contributed by atoms with Gasteiger partial charge in [0, 0.05) is 32.8 Å². The fraction of sp³-hybridized carbons (Fsp3) is 0.571. The van der Waals surface area contributed by atoms with Crippen LogP contribution in [0.1, 0.15) is 12.5 Å². The molecule has 0 amide bonds. The summed E-state index contributed by atoms with van der Waals surface area (Å²) in [5.41, 5.74) is 7.00. The van der Waals surface area contributed by atoms with E-state index >= 15 is 0 Å². The Morgan fingerprint density at radius 3 is 2.53 bits per heavy atom. The fourth-order valence-electron chi connectivity index (χ4n) is 1.79. The third-order valence-electron chi connectivity index (χ3n) is 2.76. The standard InChI is InChI=1S/C14H24N2O/c1-2-17-13-12-16(11-9-15)10-8-14-6-4-3-5-7-14/h3-7H,2,8-13,15H2,1H3. The van der Waals surface area contributed by atoms with Crippen LogP contribution in [0.3, 0.4) is 0 Å². The van der Waals surface area contributed by atoms with Crippen molar-refractivity contribution in [2.24, 2.45) is 5.73 Å². The zero-order valence-corrected chi connectivity index (χ0v) is 10.8. The summed E-state index contributed by atoms with van der Waals surface area (Å²) in [6, 6.07) is 10.6. The maximum atomic E-state index is 5.62. The quantitative estimate of drug-likeness (QED) is 0.661. The number of ether oxygens (including phenoxy) is 1. The molecule has 1 rings (SSSR count). The number of nitrogens with zero attached hydrogens (tertiary/aromatic N) is 1. The Kier molecular flexibility index (Phi) is 7.63. The van der Waals surface area contributed by atoms with Gasteiger partial charge in [-0.3, -0.25) is 4.90 Å².